The number of hydrogen-bond donors (Lipinski definition) is 1. The van der Waals surface area contributed by atoms with Crippen LogP contribution in [-0.4, -0.2) is 11.9 Å². The summed E-state index contributed by atoms with van der Waals surface area (Å²) in [5.74, 6) is 0.650. The van der Waals surface area contributed by atoms with Crippen molar-refractivity contribution in [1.29, 1.82) is 0 Å². The summed E-state index contributed by atoms with van der Waals surface area (Å²) < 4.78 is 7.01. The van der Waals surface area contributed by atoms with Crippen molar-refractivity contribution in [2.45, 2.75) is 32.0 Å². The topological polar surface area (TPSA) is 55.6 Å². The van der Waals surface area contributed by atoms with Gasteiger partial charge in [-0.15, -0.1) is 0 Å². The number of hydrogen-bond acceptors (Lipinski definition) is 3. The van der Waals surface area contributed by atoms with Crippen LogP contribution in [0.15, 0.2) is 71.2 Å². The van der Waals surface area contributed by atoms with Gasteiger partial charge < -0.3 is 15.4 Å². The average Bonchev–Trinajstić information content (AvgIpc) is 2.73. The van der Waals surface area contributed by atoms with E-state index < -0.39 is 6.04 Å². The Hall–Kier alpha value is -2.34. The number of carbonyl (C=O) groups excluding carboxylic acids is 1. The highest BCUT2D eigenvalue weighted by atomic mass is 79.9. The number of benzene rings is 3. The number of nitrogens with zero attached hydrogens (tertiary/aromatic N) is 1. The van der Waals surface area contributed by atoms with Gasteiger partial charge in [0.25, 0.3) is 0 Å². The highest BCUT2D eigenvalue weighted by molar-refractivity contribution is 9.10. The minimum atomic E-state index is -0.558. The van der Waals surface area contributed by atoms with Crippen molar-refractivity contribution in [2.24, 2.45) is 5.73 Å². The lowest BCUT2D eigenvalue weighted by molar-refractivity contribution is -0.120. The van der Waals surface area contributed by atoms with E-state index in [4.69, 9.17) is 22.1 Å². The number of halogens is 2. The molecule has 1 aliphatic rings. The molecule has 0 saturated heterocycles. The van der Waals surface area contributed by atoms with E-state index in [1.807, 2.05) is 73.7 Å². The van der Waals surface area contributed by atoms with E-state index in [-0.39, 0.29) is 11.9 Å². The number of ether oxygens (including phenoxy) is 1. The van der Waals surface area contributed by atoms with Gasteiger partial charge in [0, 0.05) is 15.2 Å². The summed E-state index contributed by atoms with van der Waals surface area (Å²) in [4.78, 5) is 14.7. The number of anilines is 1. The van der Waals surface area contributed by atoms with Crippen LogP contribution in [0, 0.1) is 0 Å². The fourth-order valence-electron chi connectivity index (χ4n) is 3.76. The van der Waals surface area contributed by atoms with Gasteiger partial charge in [-0.3, -0.25) is 4.79 Å². The minimum Gasteiger partial charge on any atom is -0.489 e. The lowest BCUT2D eigenvalue weighted by Gasteiger charge is -2.37. The van der Waals surface area contributed by atoms with Crippen LogP contribution < -0.4 is 15.4 Å². The summed E-state index contributed by atoms with van der Waals surface area (Å²) >= 11 is 9.70. The van der Waals surface area contributed by atoms with E-state index in [2.05, 4.69) is 15.9 Å². The van der Waals surface area contributed by atoms with Crippen LogP contribution in [-0.2, 0) is 17.8 Å². The summed E-state index contributed by atoms with van der Waals surface area (Å²) in [6, 6.07) is 20.7. The van der Waals surface area contributed by atoms with Crippen LogP contribution in [0.5, 0.6) is 5.75 Å². The first-order chi connectivity index (χ1) is 14.4. The van der Waals surface area contributed by atoms with Crippen LogP contribution in [0.25, 0.3) is 0 Å². The van der Waals surface area contributed by atoms with Crippen LogP contribution in [0.3, 0.4) is 0 Å². The molecule has 0 unspecified atom stereocenters. The Morgan fingerprint density at radius 2 is 1.97 bits per heavy atom. The van der Waals surface area contributed by atoms with Crippen LogP contribution >= 0.6 is 27.5 Å². The van der Waals surface area contributed by atoms with Crippen LogP contribution in [0.1, 0.15) is 29.7 Å². The lowest BCUT2D eigenvalue weighted by Crippen LogP contribution is -2.49. The first-order valence-electron chi connectivity index (χ1n) is 9.76. The smallest absolute Gasteiger partial charge is 0.244 e. The van der Waals surface area contributed by atoms with Gasteiger partial charge in [0.2, 0.25) is 5.91 Å². The Balaban J connectivity index is 1.59. The first kappa shape index (κ1) is 20.9. The largest absolute Gasteiger partial charge is 0.489 e. The van der Waals surface area contributed by atoms with E-state index >= 15 is 0 Å². The predicted octanol–water partition coefficient (Wildman–Crippen LogP) is 5.66. The second-order valence-corrected chi connectivity index (χ2v) is 8.81. The SMILES string of the molecule is C[C@@H](c1cccc(OCc2cccc(Br)c2)c1)N1C(=O)[C@H](N)Cc2ccc(Cl)cc21. The average molecular weight is 486 g/mol. The van der Waals surface area contributed by atoms with Gasteiger partial charge in [-0.1, -0.05) is 57.9 Å². The second-order valence-electron chi connectivity index (χ2n) is 7.46. The molecule has 0 aromatic heterocycles. The van der Waals surface area contributed by atoms with Gasteiger partial charge in [0.15, 0.2) is 0 Å². The van der Waals surface area contributed by atoms with Gasteiger partial charge in [0.1, 0.15) is 12.4 Å². The zero-order chi connectivity index (χ0) is 21.3. The van der Waals surface area contributed by atoms with Gasteiger partial charge in [-0.2, -0.15) is 0 Å². The second kappa shape index (κ2) is 8.80. The van der Waals surface area contributed by atoms with Crippen LogP contribution in [0.2, 0.25) is 5.02 Å². The predicted molar refractivity (Wildman–Crippen MR) is 124 cm³/mol. The van der Waals surface area contributed by atoms with Gasteiger partial charge in [0.05, 0.1) is 12.1 Å². The first-order valence-corrected chi connectivity index (χ1v) is 10.9. The standard InChI is InChI=1S/C24H22BrClN2O2/c1-15(28-23-13-20(26)9-8-18(23)12-22(27)24(28)29)17-5-3-7-21(11-17)30-14-16-4-2-6-19(25)10-16/h2-11,13,15,22H,12,14,27H2,1H3/t15-,22+/m0/s1. The summed E-state index contributed by atoms with van der Waals surface area (Å²) in [7, 11) is 0. The molecule has 0 fully saturated rings. The Bertz CT molecular complexity index is 1090. The number of nitrogens with two attached hydrogens (primary N) is 1. The maximum absolute atomic E-state index is 13.0. The molecule has 0 aliphatic carbocycles. The third kappa shape index (κ3) is 4.38. The molecule has 2 atom stereocenters. The molecule has 4 nitrogen and oxygen atoms in total. The van der Waals surface area contributed by atoms with Gasteiger partial charge in [-0.05, 0) is 66.4 Å². The molecule has 1 aliphatic heterocycles. The van der Waals surface area contributed by atoms with Crippen molar-refractivity contribution in [3.63, 3.8) is 0 Å². The molecule has 30 heavy (non-hydrogen) atoms. The number of rotatable bonds is 5. The molecule has 3 aromatic rings. The third-order valence-corrected chi connectivity index (χ3v) is 6.05. The Labute approximate surface area is 189 Å². The van der Waals surface area contributed by atoms with Crippen molar-refractivity contribution in [3.05, 3.63) is 92.9 Å². The quantitative estimate of drug-likeness (QED) is 0.507. The molecule has 1 heterocycles. The fourth-order valence-corrected chi connectivity index (χ4v) is 4.37. The molecule has 1 amide bonds. The molecule has 6 heteroatoms. The maximum Gasteiger partial charge on any atom is 0.244 e. The van der Waals surface area contributed by atoms with E-state index in [0.29, 0.717) is 18.1 Å². The molecule has 0 radical (unpaired) electrons. The minimum absolute atomic E-state index is 0.0993. The van der Waals surface area contributed by atoms with Crippen molar-refractivity contribution in [3.8, 4) is 5.75 Å². The molecule has 0 spiro atoms. The molecular formula is C24H22BrClN2O2. The number of carbonyl (C=O) groups is 1. The lowest BCUT2D eigenvalue weighted by atomic mass is 9.94. The molecule has 0 bridgehead atoms. The van der Waals surface area contributed by atoms with Gasteiger partial charge in [-0.25, -0.2) is 0 Å². The van der Waals surface area contributed by atoms with E-state index in [1.54, 1.807) is 4.90 Å². The highest BCUT2D eigenvalue weighted by Crippen LogP contribution is 2.37. The van der Waals surface area contributed by atoms with Crippen molar-refractivity contribution in [2.75, 3.05) is 4.90 Å². The fraction of sp³-hybridized carbons (Fsp3) is 0.208. The zero-order valence-electron chi connectivity index (χ0n) is 16.5. The molecule has 0 saturated carbocycles. The molecule has 3 aromatic carbocycles. The van der Waals surface area contributed by atoms with Crippen molar-refractivity contribution >= 4 is 39.1 Å². The van der Waals surface area contributed by atoms with Crippen LogP contribution in [0.4, 0.5) is 5.69 Å². The van der Waals surface area contributed by atoms with E-state index in [1.165, 1.54) is 0 Å². The Kier molecular flexibility index (Phi) is 6.14. The molecule has 2 N–H and O–H groups in total. The summed E-state index contributed by atoms with van der Waals surface area (Å²) in [6.07, 6.45) is 0.518. The number of amides is 1. The zero-order valence-corrected chi connectivity index (χ0v) is 18.9. The normalized spacial score (nSPS) is 16.9. The maximum atomic E-state index is 13.0. The Morgan fingerprint density at radius 3 is 2.77 bits per heavy atom. The number of fused-ring (bicyclic) bond motifs is 1. The summed E-state index contributed by atoms with van der Waals surface area (Å²) in [5.41, 5.74) is 10.0. The summed E-state index contributed by atoms with van der Waals surface area (Å²) in [5, 5.41) is 0.598. The van der Waals surface area contributed by atoms with E-state index in [0.717, 1.165) is 32.6 Å². The third-order valence-electron chi connectivity index (χ3n) is 5.32. The van der Waals surface area contributed by atoms with Crippen molar-refractivity contribution < 1.29 is 9.53 Å². The molecular weight excluding hydrogens is 464 g/mol. The van der Waals surface area contributed by atoms with E-state index in [9.17, 15) is 4.79 Å². The molecule has 4 rings (SSSR count). The highest BCUT2D eigenvalue weighted by Gasteiger charge is 2.34. The van der Waals surface area contributed by atoms with Crippen molar-refractivity contribution in [1.82, 2.24) is 0 Å². The monoisotopic (exact) mass is 484 g/mol. The molecule has 154 valence electrons. The Morgan fingerprint density at radius 1 is 1.17 bits per heavy atom. The summed E-state index contributed by atoms with van der Waals surface area (Å²) in [6.45, 7) is 2.46. The van der Waals surface area contributed by atoms with Gasteiger partial charge >= 0.3 is 0 Å².